The van der Waals surface area contributed by atoms with Gasteiger partial charge in [-0.15, -0.1) is 0 Å². The first kappa shape index (κ1) is 18.5. The van der Waals surface area contributed by atoms with Gasteiger partial charge in [0.2, 0.25) is 0 Å². The second-order valence-corrected chi connectivity index (χ2v) is 7.83. The van der Waals surface area contributed by atoms with Crippen molar-refractivity contribution in [3.63, 3.8) is 0 Å². The lowest BCUT2D eigenvalue weighted by molar-refractivity contribution is -0.136. The van der Waals surface area contributed by atoms with Crippen LogP contribution in [0.15, 0.2) is 42.5 Å². The molecule has 1 fully saturated rings. The zero-order chi connectivity index (χ0) is 19.7. The average molecular weight is 379 g/mol. The Morgan fingerprint density at radius 2 is 1.86 bits per heavy atom. The van der Waals surface area contributed by atoms with Crippen molar-refractivity contribution < 1.29 is 19.1 Å². The van der Waals surface area contributed by atoms with E-state index in [0.29, 0.717) is 49.4 Å². The lowest BCUT2D eigenvalue weighted by Gasteiger charge is -2.44. The minimum absolute atomic E-state index is 0.0258. The van der Waals surface area contributed by atoms with E-state index < -0.39 is 5.60 Å². The summed E-state index contributed by atoms with van der Waals surface area (Å²) in [5.74, 6) is 1.51. The second-order valence-electron chi connectivity index (χ2n) is 7.83. The predicted octanol–water partition coefficient (Wildman–Crippen LogP) is 3.71. The van der Waals surface area contributed by atoms with E-state index in [0.717, 1.165) is 11.1 Å². The minimum atomic E-state index is -0.499. The molecule has 0 atom stereocenters. The first-order valence-corrected chi connectivity index (χ1v) is 9.75. The number of Topliss-reactive ketones (excluding diaryl/α,β-unsaturated/α-hetero) is 1. The average Bonchev–Trinajstić information content (AvgIpc) is 2.69. The molecule has 1 amide bonds. The van der Waals surface area contributed by atoms with Crippen molar-refractivity contribution in [3.05, 3.63) is 59.2 Å². The van der Waals surface area contributed by atoms with Gasteiger partial charge in [0.15, 0.2) is 12.4 Å². The normalized spacial score (nSPS) is 17.8. The smallest absolute Gasteiger partial charge is 0.260 e. The van der Waals surface area contributed by atoms with Crippen molar-refractivity contribution in [1.82, 2.24) is 4.90 Å². The van der Waals surface area contributed by atoms with Crippen LogP contribution in [0.3, 0.4) is 0 Å². The molecule has 2 aliphatic heterocycles. The van der Waals surface area contributed by atoms with Gasteiger partial charge in [0, 0.05) is 25.9 Å². The van der Waals surface area contributed by atoms with Gasteiger partial charge in [-0.05, 0) is 43.2 Å². The number of hydrogen-bond acceptors (Lipinski definition) is 4. The van der Waals surface area contributed by atoms with Crippen LogP contribution in [0.25, 0.3) is 0 Å². The number of fused-ring (bicyclic) bond motifs is 1. The number of amides is 1. The lowest BCUT2D eigenvalue weighted by atomic mass is 9.81. The molecule has 0 N–H and O–H groups in total. The van der Waals surface area contributed by atoms with E-state index in [1.54, 1.807) is 4.90 Å². The predicted molar refractivity (Wildman–Crippen MR) is 106 cm³/mol. The molecule has 0 saturated carbocycles. The number of ketones is 1. The quantitative estimate of drug-likeness (QED) is 0.816. The number of ether oxygens (including phenoxy) is 2. The fraction of sp³-hybridized carbons (Fsp3) is 0.391. The van der Waals surface area contributed by atoms with Gasteiger partial charge in [-0.1, -0.05) is 24.3 Å². The molecular formula is C23H25NO4. The van der Waals surface area contributed by atoms with Gasteiger partial charge in [-0.3, -0.25) is 9.59 Å². The number of carbonyl (C=O) groups is 2. The van der Waals surface area contributed by atoms with E-state index in [4.69, 9.17) is 9.47 Å². The fourth-order valence-corrected chi connectivity index (χ4v) is 4.13. The number of para-hydroxylation sites is 1. The molecule has 2 aromatic carbocycles. The molecule has 5 nitrogen and oxygen atoms in total. The Bertz CT molecular complexity index is 898. The van der Waals surface area contributed by atoms with Crippen LogP contribution in [-0.4, -0.2) is 41.9 Å². The van der Waals surface area contributed by atoms with Crippen molar-refractivity contribution in [1.29, 1.82) is 0 Å². The summed E-state index contributed by atoms with van der Waals surface area (Å²) < 4.78 is 12.0. The van der Waals surface area contributed by atoms with Crippen LogP contribution < -0.4 is 9.47 Å². The molecule has 1 spiro atoms. The number of likely N-dealkylation sites (tertiary alicyclic amines) is 1. The van der Waals surface area contributed by atoms with Crippen LogP contribution in [0.4, 0.5) is 0 Å². The number of nitrogens with zero attached hydrogens (tertiary/aromatic N) is 1. The molecule has 2 aromatic rings. The second kappa shape index (κ2) is 7.30. The van der Waals surface area contributed by atoms with Gasteiger partial charge in [-0.25, -0.2) is 0 Å². The van der Waals surface area contributed by atoms with E-state index in [-0.39, 0.29) is 18.3 Å². The van der Waals surface area contributed by atoms with Crippen molar-refractivity contribution in [2.75, 3.05) is 19.7 Å². The summed E-state index contributed by atoms with van der Waals surface area (Å²) in [7, 11) is 0. The minimum Gasteiger partial charge on any atom is -0.486 e. The monoisotopic (exact) mass is 379 g/mol. The zero-order valence-electron chi connectivity index (χ0n) is 16.4. The SMILES string of the molecule is Cc1cc(C)c2c(c1)C(=O)CC1(CCN(C(=O)COc3ccccc3)CC1)O2. The topological polar surface area (TPSA) is 55.8 Å². The largest absolute Gasteiger partial charge is 0.486 e. The molecule has 0 unspecified atom stereocenters. The number of hydrogen-bond donors (Lipinski definition) is 0. The highest BCUT2D eigenvalue weighted by Gasteiger charge is 2.44. The Hall–Kier alpha value is -2.82. The maximum atomic E-state index is 12.8. The molecule has 0 aliphatic carbocycles. The zero-order valence-corrected chi connectivity index (χ0v) is 16.4. The molecule has 2 aliphatic rings. The summed E-state index contributed by atoms with van der Waals surface area (Å²) in [5.41, 5.74) is 2.26. The van der Waals surface area contributed by atoms with Gasteiger partial charge in [-0.2, -0.15) is 0 Å². The summed E-state index contributed by atoms with van der Waals surface area (Å²) in [6, 6.07) is 13.3. The molecule has 0 bridgehead atoms. The van der Waals surface area contributed by atoms with Gasteiger partial charge in [0.25, 0.3) is 5.91 Å². The van der Waals surface area contributed by atoms with E-state index in [1.807, 2.05) is 56.3 Å². The van der Waals surface area contributed by atoms with E-state index in [9.17, 15) is 9.59 Å². The van der Waals surface area contributed by atoms with Crippen molar-refractivity contribution >= 4 is 11.7 Å². The van der Waals surface area contributed by atoms with Gasteiger partial charge in [0.05, 0.1) is 12.0 Å². The maximum Gasteiger partial charge on any atom is 0.260 e. The molecule has 5 heteroatoms. The molecule has 1 saturated heterocycles. The third-order valence-electron chi connectivity index (χ3n) is 5.65. The van der Waals surface area contributed by atoms with Crippen molar-refractivity contribution in [2.24, 2.45) is 0 Å². The van der Waals surface area contributed by atoms with Gasteiger partial charge >= 0.3 is 0 Å². The Balaban J connectivity index is 1.39. The number of rotatable bonds is 3. The molecule has 4 rings (SSSR count). The van der Waals surface area contributed by atoms with E-state index in [2.05, 4.69) is 0 Å². The highest BCUT2D eigenvalue weighted by molar-refractivity contribution is 6.01. The summed E-state index contributed by atoms with van der Waals surface area (Å²) in [6.45, 7) is 5.15. The highest BCUT2D eigenvalue weighted by Crippen LogP contribution is 2.41. The van der Waals surface area contributed by atoms with Crippen LogP contribution in [0.5, 0.6) is 11.5 Å². The van der Waals surface area contributed by atoms with Crippen LogP contribution in [0.1, 0.15) is 40.7 Å². The summed E-state index contributed by atoms with van der Waals surface area (Å²) in [5, 5.41) is 0. The first-order valence-electron chi connectivity index (χ1n) is 9.75. The number of benzene rings is 2. The fourth-order valence-electron chi connectivity index (χ4n) is 4.13. The number of piperidine rings is 1. The summed E-state index contributed by atoms with van der Waals surface area (Å²) in [4.78, 5) is 27.1. The van der Waals surface area contributed by atoms with Crippen molar-refractivity contribution in [2.45, 2.75) is 38.7 Å². The van der Waals surface area contributed by atoms with E-state index in [1.165, 1.54) is 0 Å². The summed E-state index contributed by atoms with van der Waals surface area (Å²) in [6.07, 6.45) is 1.69. The van der Waals surface area contributed by atoms with Crippen LogP contribution >= 0.6 is 0 Å². The molecule has 28 heavy (non-hydrogen) atoms. The molecule has 0 radical (unpaired) electrons. The van der Waals surface area contributed by atoms with Gasteiger partial charge in [0.1, 0.15) is 17.1 Å². The third kappa shape index (κ3) is 3.61. The Morgan fingerprint density at radius 3 is 2.57 bits per heavy atom. The van der Waals surface area contributed by atoms with Crippen LogP contribution in [0, 0.1) is 13.8 Å². The third-order valence-corrected chi connectivity index (χ3v) is 5.65. The molecule has 0 aromatic heterocycles. The van der Waals surface area contributed by atoms with E-state index >= 15 is 0 Å². The van der Waals surface area contributed by atoms with Crippen LogP contribution in [0.2, 0.25) is 0 Å². The molecular weight excluding hydrogens is 354 g/mol. The van der Waals surface area contributed by atoms with Crippen molar-refractivity contribution in [3.8, 4) is 11.5 Å². The first-order chi connectivity index (χ1) is 13.5. The lowest BCUT2D eigenvalue weighted by Crippen LogP contribution is -2.53. The summed E-state index contributed by atoms with van der Waals surface area (Å²) >= 11 is 0. The Morgan fingerprint density at radius 1 is 1.14 bits per heavy atom. The van der Waals surface area contributed by atoms with Crippen LogP contribution in [-0.2, 0) is 4.79 Å². The Kier molecular flexibility index (Phi) is 4.84. The molecule has 146 valence electrons. The number of carbonyl (C=O) groups excluding carboxylic acids is 2. The van der Waals surface area contributed by atoms with Gasteiger partial charge < -0.3 is 14.4 Å². The number of aryl methyl sites for hydroxylation is 2. The highest BCUT2D eigenvalue weighted by atomic mass is 16.5. The standard InChI is InChI=1S/C23H25NO4/c1-16-12-17(2)22-19(13-16)20(25)14-23(28-22)8-10-24(11-9-23)21(26)15-27-18-6-4-3-5-7-18/h3-7,12-13H,8-11,14-15H2,1-2H3. The maximum absolute atomic E-state index is 12.8. The Labute approximate surface area is 165 Å². The molecule has 2 heterocycles.